The van der Waals surface area contributed by atoms with Crippen molar-refractivity contribution in [2.75, 3.05) is 68.1 Å². The fraction of sp³-hybridized carbons (Fsp3) is 0.385. The van der Waals surface area contributed by atoms with E-state index in [-0.39, 0.29) is 50.8 Å². The molecule has 0 radical (unpaired) electrons. The molecule has 0 unspecified atom stereocenters. The molecule has 2 aromatic rings. The number of hydrogen-bond donors (Lipinski definition) is 0. The summed E-state index contributed by atoms with van der Waals surface area (Å²) >= 11 is 0. The minimum absolute atomic E-state index is 0.0448. The van der Waals surface area contributed by atoms with Gasteiger partial charge in [-0.25, -0.2) is 9.59 Å². The van der Waals surface area contributed by atoms with Gasteiger partial charge in [-0.1, -0.05) is 0 Å². The number of hydrogen-bond acceptors (Lipinski definition) is 12. The predicted molar refractivity (Wildman–Crippen MR) is 131 cm³/mol. The van der Waals surface area contributed by atoms with Gasteiger partial charge in [0.1, 0.15) is 13.2 Å². The Balaban J connectivity index is 1.57. The predicted octanol–water partition coefficient (Wildman–Crippen LogP) is 1.91. The standard InChI is InChI=1S/C26H30O12/c1-31-19-7-5-17(15-21(19)33-3)23(27)25(29)37-13-11-35-9-10-36-12-14-38-26(30)24(28)18-6-8-20(32-2)22(16-18)34-4/h5-8,15-16H,9-14H2,1-4H3. The third-order valence-corrected chi connectivity index (χ3v) is 4.96. The largest absolute Gasteiger partial charge is 0.493 e. The molecule has 12 nitrogen and oxygen atoms in total. The van der Waals surface area contributed by atoms with Crippen molar-refractivity contribution in [1.82, 2.24) is 0 Å². The minimum Gasteiger partial charge on any atom is -0.493 e. The zero-order chi connectivity index (χ0) is 27.9. The van der Waals surface area contributed by atoms with Crippen molar-refractivity contribution in [3.63, 3.8) is 0 Å². The van der Waals surface area contributed by atoms with Gasteiger partial charge in [-0.15, -0.1) is 0 Å². The number of carbonyl (C=O) groups is 4. The van der Waals surface area contributed by atoms with E-state index in [0.717, 1.165) is 0 Å². The number of carbonyl (C=O) groups excluding carboxylic acids is 4. The summed E-state index contributed by atoms with van der Waals surface area (Å²) in [5, 5.41) is 0. The van der Waals surface area contributed by atoms with E-state index in [1.807, 2.05) is 0 Å². The summed E-state index contributed by atoms with van der Waals surface area (Å²) in [6.45, 7) is 0.160. The third kappa shape index (κ3) is 8.75. The molecule has 0 aliphatic rings. The molecule has 0 aromatic heterocycles. The van der Waals surface area contributed by atoms with Crippen molar-refractivity contribution in [3.05, 3.63) is 47.5 Å². The van der Waals surface area contributed by atoms with E-state index in [1.54, 1.807) is 0 Å². The maximum atomic E-state index is 12.2. The van der Waals surface area contributed by atoms with Crippen LogP contribution in [0.3, 0.4) is 0 Å². The highest BCUT2D eigenvalue weighted by molar-refractivity contribution is 6.41. The molecule has 0 amide bonds. The Bertz CT molecular complexity index is 1020. The van der Waals surface area contributed by atoms with Crippen molar-refractivity contribution in [2.45, 2.75) is 0 Å². The maximum absolute atomic E-state index is 12.2. The second kappa shape index (κ2) is 15.8. The Morgan fingerprint density at radius 3 is 1.18 bits per heavy atom. The lowest BCUT2D eigenvalue weighted by molar-refractivity contribution is -0.141. The Labute approximate surface area is 219 Å². The SMILES string of the molecule is COc1ccc(C(=O)C(=O)OCCOCCOCCOC(=O)C(=O)c2ccc(OC)c(OC)c2)cc1OC. The summed E-state index contributed by atoms with van der Waals surface area (Å²) in [5.74, 6) is -2.23. The zero-order valence-electron chi connectivity index (χ0n) is 21.6. The van der Waals surface area contributed by atoms with Crippen LogP contribution in [-0.2, 0) is 28.5 Å². The van der Waals surface area contributed by atoms with E-state index in [1.165, 1.54) is 64.8 Å². The summed E-state index contributed by atoms with van der Waals surface area (Å²) < 4.78 is 40.8. The average Bonchev–Trinajstić information content (AvgIpc) is 2.95. The molecule has 206 valence electrons. The number of esters is 2. The summed E-state index contributed by atoms with van der Waals surface area (Å²) in [4.78, 5) is 48.3. The number of Topliss-reactive ketones (excluding diaryl/α,β-unsaturated/α-hetero) is 2. The van der Waals surface area contributed by atoms with Gasteiger partial charge in [0, 0.05) is 11.1 Å². The van der Waals surface area contributed by atoms with Crippen LogP contribution in [0.2, 0.25) is 0 Å². The average molecular weight is 535 g/mol. The van der Waals surface area contributed by atoms with E-state index in [0.29, 0.717) is 23.0 Å². The van der Waals surface area contributed by atoms with Crippen molar-refractivity contribution in [3.8, 4) is 23.0 Å². The third-order valence-electron chi connectivity index (χ3n) is 4.96. The van der Waals surface area contributed by atoms with Gasteiger partial charge in [0.15, 0.2) is 23.0 Å². The lowest BCUT2D eigenvalue weighted by Crippen LogP contribution is -2.21. The van der Waals surface area contributed by atoms with Gasteiger partial charge in [-0.3, -0.25) is 9.59 Å². The van der Waals surface area contributed by atoms with E-state index in [4.69, 9.17) is 37.9 Å². The molecule has 38 heavy (non-hydrogen) atoms. The summed E-state index contributed by atoms with van der Waals surface area (Å²) in [5.41, 5.74) is 0.209. The Morgan fingerprint density at radius 2 is 0.842 bits per heavy atom. The summed E-state index contributed by atoms with van der Waals surface area (Å²) in [6.07, 6.45) is 0. The quantitative estimate of drug-likeness (QED) is 0.127. The topological polar surface area (TPSA) is 142 Å². The van der Waals surface area contributed by atoms with E-state index in [2.05, 4.69) is 0 Å². The summed E-state index contributed by atoms with van der Waals surface area (Å²) in [7, 11) is 5.75. The zero-order valence-corrected chi connectivity index (χ0v) is 21.6. The molecule has 0 saturated heterocycles. The first kappa shape index (κ1) is 30.1. The van der Waals surface area contributed by atoms with Gasteiger partial charge in [-0.2, -0.15) is 0 Å². The first-order chi connectivity index (χ1) is 18.4. The van der Waals surface area contributed by atoms with Crippen LogP contribution in [0.4, 0.5) is 0 Å². The molecule has 2 rings (SSSR count). The van der Waals surface area contributed by atoms with Gasteiger partial charge in [0.2, 0.25) is 0 Å². The lowest BCUT2D eigenvalue weighted by Gasteiger charge is -2.10. The van der Waals surface area contributed by atoms with Crippen molar-refractivity contribution in [1.29, 1.82) is 0 Å². The number of ketones is 2. The van der Waals surface area contributed by atoms with E-state index < -0.39 is 23.5 Å². The minimum atomic E-state index is -1.03. The van der Waals surface area contributed by atoms with Crippen LogP contribution in [-0.4, -0.2) is 91.6 Å². The van der Waals surface area contributed by atoms with Gasteiger partial charge in [-0.05, 0) is 36.4 Å². The highest BCUT2D eigenvalue weighted by Crippen LogP contribution is 2.28. The van der Waals surface area contributed by atoms with Gasteiger partial charge in [0.25, 0.3) is 11.6 Å². The molecule has 0 heterocycles. The number of methoxy groups -OCH3 is 4. The fourth-order valence-corrected chi connectivity index (χ4v) is 3.03. The van der Waals surface area contributed by atoms with Crippen LogP contribution in [0.5, 0.6) is 23.0 Å². The fourth-order valence-electron chi connectivity index (χ4n) is 3.03. The molecule has 0 saturated carbocycles. The Kier molecular flexibility index (Phi) is 12.5. The lowest BCUT2D eigenvalue weighted by atomic mass is 10.1. The number of benzene rings is 2. The second-order valence-electron chi connectivity index (χ2n) is 7.29. The monoisotopic (exact) mass is 534 g/mol. The van der Waals surface area contributed by atoms with Crippen LogP contribution in [0.15, 0.2) is 36.4 Å². The second-order valence-corrected chi connectivity index (χ2v) is 7.29. The Hall–Kier alpha value is -4.16. The first-order valence-corrected chi connectivity index (χ1v) is 11.4. The first-order valence-electron chi connectivity index (χ1n) is 11.4. The molecule has 0 aliphatic heterocycles. The smallest absolute Gasteiger partial charge is 0.379 e. The molecule has 0 atom stereocenters. The van der Waals surface area contributed by atoms with Gasteiger partial charge < -0.3 is 37.9 Å². The van der Waals surface area contributed by atoms with Crippen LogP contribution >= 0.6 is 0 Å². The molecule has 0 aliphatic carbocycles. The molecule has 0 bridgehead atoms. The molecule has 0 spiro atoms. The highest BCUT2D eigenvalue weighted by Gasteiger charge is 2.21. The number of ether oxygens (including phenoxy) is 8. The molecule has 0 N–H and O–H groups in total. The van der Waals surface area contributed by atoms with Crippen LogP contribution in [0.1, 0.15) is 20.7 Å². The molecule has 2 aromatic carbocycles. The molecular formula is C26H30O12. The summed E-state index contributed by atoms with van der Waals surface area (Å²) in [6, 6.07) is 8.67. The van der Waals surface area contributed by atoms with Gasteiger partial charge in [0.05, 0.1) is 54.9 Å². The van der Waals surface area contributed by atoms with Crippen molar-refractivity contribution < 1.29 is 57.1 Å². The maximum Gasteiger partial charge on any atom is 0.379 e. The molecular weight excluding hydrogens is 504 g/mol. The van der Waals surface area contributed by atoms with E-state index in [9.17, 15) is 19.2 Å². The van der Waals surface area contributed by atoms with E-state index >= 15 is 0 Å². The highest BCUT2D eigenvalue weighted by atomic mass is 16.6. The Morgan fingerprint density at radius 1 is 0.500 bits per heavy atom. The van der Waals surface area contributed by atoms with Crippen molar-refractivity contribution >= 4 is 23.5 Å². The van der Waals surface area contributed by atoms with Gasteiger partial charge >= 0.3 is 11.9 Å². The van der Waals surface area contributed by atoms with Crippen LogP contribution in [0.25, 0.3) is 0 Å². The number of rotatable bonds is 17. The van der Waals surface area contributed by atoms with Crippen LogP contribution < -0.4 is 18.9 Å². The normalized spacial score (nSPS) is 10.3. The molecule has 12 heteroatoms. The molecule has 0 fully saturated rings. The van der Waals surface area contributed by atoms with Crippen LogP contribution in [0, 0.1) is 0 Å². The van der Waals surface area contributed by atoms with Crippen molar-refractivity contribution in [2.24, 2.45) is 0 Å².